The molecule has 0 aliphatic carbocycles. The number of rotatable bonds is 8. The number of ether oxygens (including phenoxy) is 2. The van der Waals surface area contributed by atoms with Crippen molar-refractivity contribution in [1.82, 2.24) is 4.90 Å². The molecule has 0 aromatic rings. The van der Waals surface area contributed by atoms with Crippen LogP contribution in [0.3, 0.4) is 0 Å². The van der Waals surface area contributed by atoms with E-state index in [9.17, 15) is 19.5 Å². The topological polar surface area (TPSA) is 93.1 Å². The number of aliphatic hydroxyl groups is 1. The Morgan fingerprint density at radius 1 is 0.962 bits per heavy atom. The molecule has 0 rings (SSSR count). The number of nitrogens with zero attached hydrogens (tertiary/aromatic N) is 1. The van der Waals surface area contributed by atoms with Gasteiger partial charge in [0, 0.05) is 23.1 Å². The SMILES string of the molecule is C=C(C)C(=O)OCC(O)COC(=O)CCC(=O)N(C(C)(C)C)C(C)(C)C. The molecule has 0 saturated carbocycles. The minimum atomic E-state index is -1.13. The van der Waals surface area contributed by atoms with Crippen LogP contribution in [0.2, 0.25) is 0 Å². The summed E-state index contributed by atoms with van der Waals surface area (Å²) in [4.78, 5) is 37.3. The third-order valence-electron chi connectivity index (χ3n) is 3.33. The van der Waals surface area contributed by atoms with Gasteiger partial charge in [0.15, 0.2) is 0 Å². The Kier molecular flexibility index (Phi) is 9.00. The van der Waals surface area contributed by atoms with Crippen molar-refractivity contribution in [1.29, 1.82) is 0 Å². The van der Waals surface area contributed by atoms with Crippen molar-refractivity contribution in [3.63, 3.8) is 0 Å². The van der Waals surface area contributed by atoms with Gasteiger partial charge >= 0.3 is 11.9 Å². The molecule has 0 aromatic carbocycles. The van der Waals surface area contributed by atoms with Gasteiger partial charge in [0.1, 0.15) is 19.3 Å². The van der Waals surface area contributed by atoms with Gasteiger partial charge < -0.3 is 19.5 Å². The number of hydrogen-bond donors (Lipinski definition) is 1. The molecule has 1 unspecified atom stereocenters. The van der Waals surface area contributed by atoms with Crippen molar-refractivity contribution in [2.24, 2.45) is 0 Å². The molecule has 0 bridgehead atoms. The summed E-state index contributed by atoms with van der Waals surface area (Å²) in [6.45, 7) is 16.0. The molecule has 0 fully saturated rings. The summed E-state index contributed by atoms with van der Waals surface area (Å²) in [7, 11) is 0. The fraction of sp³-hybridized carbons (Fsp3) is 0.737. The van der Waals surface area contributed by atoms with Crippen LogP contribution in [0, 0.1) is 0 Å². The van der Waals surface area contributed by atoms with Crippen LogP contribution in [0.15, 0.2) is 12.2 Å². The minimum absolute atomic E-state index is 0.0219. The summed E-state index contributed by atoms with van der Waals surface area (Å²) < 4.78 is 9.69. The van der Waals surface area contributed by atoms with Crippen LogP contribution < -0.4 is 0 Å². The van der Waals surface area contributed by atoms with Gasteiger partial charge in [-0.3, -0.25) is 9.59 Å². The highest BCUT2D eigenvalue weighted by Gasteiger charge is 2.35. The lowest BCUT2D eigenvalue weighted by Gasteiger charge is -2.45. The van der Waals surface area contributed by atoms with E-state index in [-0.39, 0.29) is 48.6 Å². The van der Waals surface area contributed by atoms with Crippen molar-refractivity contribution >= 4 is 17.8 Å². The highest BCUT2D eigenvalue weighted by atomic mass is 16.6. The zero-order valence-corrected chi connectivity index (χ0v) is 17.0. The van der Waals surface area contributed by atoms with Gasteiger partial charge in [0.25, 0.3) is 0 Å². The second-order valence-corrected chi connectivity index (χ2v) is 8.29. The number of hydrogen-bond acceptors (Lipinski definition) is 6. The molecule has 7 nitrogen and oxygen atoms in total. The first-order valence-corrected chi connectivity index (χ1v) is 8.65. The first-order valence-electron chi connectivity index (χ1n) is 8.65. The smallest absolute Gasteiger partial charge is 0.333 e. The van der Waals surface area contributed by atoms with Crippen molar-refractivity contribution in [2.45, 2.75) is 78.5 Å². The van der Waals surface area contributed by atoms with Gasteiger partial charge in [-0.15, -0.1) is 0 Å². The molecular weight excluding hydrogens is 338 g/mol. The van der Waals surface area contributed by atoms with Crippen molar-refractivity contribution in [3.8, 4) is 0 Å². The monoisotopic (exact) mass is 371 g/mol. The average Bonchev–Trinajstić information content (AvgIpc) is 2.45. The molecule has 0 spiro atoms. The molecule has 150 valence electrons. The van der Waals surface area contributed by atoms with Gasteiger partial charge in [-0.25, -0.2) is 4.79 Å². The Morgan fingerprint density at radius 3 is 1.85 bits per heavy atom. The van der Waals surface area contributed by atoms with E-state index in [0.717, 1.165) is 0 Å². The summed E-state index contributed by atoms with van der Waals surface area (Å²) in [6, 6.07) is 0. The molecule has 26 heavy (non-hydrogen) atoms. The molecule has 0 aliphatic heterocycles. The van der Waals surface area contributed by atoms with E-state index in [2.05, 4.69) is 6.58 Å². The summed E-state index contributed by atoms with van der Waals surface area (Å²) in [5.41, 5.74) is -0.527. The number of amides is 1. The third kappa shape index (κ3) is 8.99. The zero-order chi connectivity index (χ0) is 20.7. The van der Waals surface area contributed by atoms with Crippen LogP contribution >= 0.6 is 0 Å². The van der Waals surface area contributed by atoms with E-state index in [1.54, 1.807) is 4.90 Å². The van der Waals surface area contributed by atoms with E-state index in [1.165, 1.54) is 6.92 Å². The van der Waals surface area contributed by atoms with Crippen LogP contribution in [-0.4, -0.2) is 58.2 Å². The highest BCUT2D eigenvalue weighted by Crippen LogP contribution is 2.26. The fourth-order valence-corrected chi connectivity index (χ4v) is 2.68. The van der Waals surface area contributed by atoms with Crippen LogP contribution in [-0.2, 0) is 23.9 Å². The fourth-order valence-electron chi connectivity index (χ4n) is 2.68. The first kappa shape index (κ1) is 24.1. The van der Waals surface area contributed by atoms with Crippen LogP contribution in [0.1, 0.15) is 61.3 Å². The third-order valence-corrected chi connectivity index (χ3v) is 3.33. The summed E-state index contributed by atoms with van der Waals surface area (Å²) in [6.07, 6.45) is -1.19. The lowest BCUT2D eigenvalue weighted by Crippen LogP contribution is -2.55. The van der Waals surface area contributed by atoms with E-state index in [0.29, 0.717) is 0 Å². The molecule has 7 heteroatoms. The predicted octanol–water partition coefficient (Wildman–Crippen LogP) is 2.22. The maximum Gasteiger partial charge on any atom is 0.333 e. The average molecular weight is 371 g/mol. The zero-order valence-electron chi connectivity index (χ0n) is 17.0. The lowest BCUT2D eigenvalue weighted by atomic mass is 9.95. The van der Waals surface area contributed by atoms with E-state index in [1.807, 2.05) is 41.5 Å². The number of carbonyl (C=O) groups excluding carboxylic acids is 3. The molecule has 0 aliphatic rings. The van der Waals surface area contributed by atoms with Crippen molar-refractivity contribution < 1.29 is 29.0 Å². The Hall–Kier alpha value is -1.89. The second kappa shape index (κ2) is 9.71. The van der Waals surface area contributed by atoms with E-state index >= 15 is 0 Å². The number of carbonyl (C=O) groups is 3. The molecule has 1 amide bonds. The highest BCUT2D eigenvalue weighted by molar-refractivity contribution is 5.86. The Balaban J connectivity index is 4.39. The van der Waals surface area contributed by atoms with Crippen LogP contribution in [0.5, 0.6) is 0 Å². The van der Waals surface area contributed by atoms with Gasteiger partial charge in [0.05, 0.1) is 6.42 Å². The van der Waals surface area contributed by atoms with E-state index < -0.39 is 18.0 Å². The maximum absolute atomic E-state index is 12.5. The van der Waals surface area contributed by atoms with Crippen molar-refractivity contribution in [3.05, 3.63) is 12.2 Å². The lowest BCUT2D eigenvalue weighted by molar-refractivity contribution is -0.153. The largest absolute Gasteiger partial charge is 0.463 e. The van der Waals surface area contributed by atoms with Gasteiger partial charge in [-0.1, -0.05) is 6.58 Å². The van der Waals surface area contributed by atoms with Crippen LogP contribution in [0.4, 0.5) is 0 Å². The quantitative estimate of drug-likeness (QED) is 0.519. The normalized spacial score (nSPS) is 12.9. The molecule has 1 atom stereocenters. The summed E-state index contributed by atoms with van der Waals surface area (Å²) in [5.74, 6) is -1.35. The van der Waals surface area contributed by atoms with Gasteiger partial charge in [-0.05, 0) is 48.5 Å². The van der Waals surface area contributed by atoms with Crippen LogP contribution in [0.25, 0.3) is 0 Å². The molecule has 0 saturated heterocycles. The molecule has 1 N–H and O–H groups in total. The summed E-state index contributed by atoms with van der Waals surface area (Å²) >= 11 is 0. The molecular formula is C19H33NO6. The molecule has 0 radical (unpaired) electrons. The second-order valence-electron chi connectivity index (χ2n) is 8.29. The Bertz CT molecular complexity index is 513. The standard InChI is InChI=1S/C19H33NO6/c1-13(2)17(24)26-12-14(21)11-25-16(23)10-9-15(22)20(18(3,4)5)19(6,7)8/h14,21H,1,9-12H2,2-8H3. The van der Waals surface area contributed by atoms with Gasteiger partial charge in [0.2, 0.25) is 5.91 Å². The Morgan fingerprint density at radius 2 is 1.42 bits per heavy atom. The summed E-state index contributed by atoms with van der Waals surface area (Å²) in [5, 5.41) is 9.65. The maximum atomic E-state index is 12.5. The molecule has 0 heterocycles. The number of aliphatic hydroxyl groups excluding tert-OH is 1. The van der Waals surface area contributed by atoms with E-state index in [4.69, 9.17) is 9.47 Å². The predicted molar refractivity (Wildman–Crippen MR) is 98.3 cm³/mol. The van der Waals surface area contributed by atoms with Crippen molar-refractivity contribution in [2.75, 3.05) is 13.2 Å². The number of esters is 2. The molecule has 0 aromatic heterocycles. The minimum Gasteiger partial charge on any atom is -0.463 e. The Labute approximate surface area is 156 Å². The van der Waals surface area contributed by atoms with Gasteiger partial charge in [-0.2, -0.15) is 0 Å². The first-order chi connectivity index (χ1) is 11.7.